The van der Waals surface area contributed by atoms with Gasteiger partial charge < -0.3 is 10.6 Å². The lowest BCUT2D eigenvalue weighted by molar-refractivity contribution is -0.135. The summed E-state index contributed by atoms with van der Waals surface area (Å²) in [6.07, 6.45) is 0. The fraction of sp³-hybridized carbons (Fsp3) is 0.364. The lowest BCUT2D eigenvalue weighted by atomic mass is 9.98. The summed E-state index contributed by atoms with van der Waals surface area (Å²) in [5.41, 5.74) is 4.67. The molecule has 19 heavy (non-hydrogen) atoms. The summed E-state index contributed by atoms with van der Waals surface area (Å²) in [5, 5.41) is 2.72. The van der Waals surface area contributed by atoms with Gasteiger partial charge in [-0.3, -0.25) is 14.9 Å². The van der Waals surface area contributed by atoms with Gasteiger partial charge in [-0.25, -0.2) is 4.98 Å². The van der Waals surface area contributed by atoms with Crippen molar-refractivity contribution in [3.05, 3.63) is 16.1 Å². The molecule has 0 spiro atoms. The zero-order valence-corrected chi connectivity index (χ0v) is 11.8. The molecule has 2 amide bonds. The largest absolute Gasteiger partial charge is 0.382 e. The topological polar surface area (TPSA) is 88.3 Å². The van der Waals surface area contributed by atoms with Gasteiger partial charge in [-0.15, -0.1) is 0 Å². The third kappa shape index (κ3) is 2.33. The highest BCUT2D eigenvalue weighted by atomic mass is 35.5. The fourth-order valence-electron chi connectivity index (χ4n) is 1.78. The van der Waals surface area contributed by atoms with Gasteiger partial charge in [-0.05, 0) is 19.9 Å². The molecule has 1 fully saturated rings. The summed E-state index contributed by atoms with van der Waals surface area (Å²) in [4.78, 5) is 28.9. The van der Waals surface area contributed by atoms with Gasteiger partial charge in [0, 0.05) is 0 Å². The van der Waals surface area contributed by atoms with Crippen LogP contribution in [0.25, 0.3) is 0 Å². The van der Waals surface area contributed by atoms with Gasteiger partial charge in [0.05, 0.1) is 16.6 Å². The van der Waals surface area contributed by atoms with Crippen LogP contribution in [0, 0.1) is 0 Å². The number of nitrogen functional groups attached to an aromatic ring is 1. The van der Waals surface area contributed by atoms with E-state index < -0.39 is 17.4 Å². The maximum atomic E-state index is 11.9. The predicted octanol–water partition coefficient (Wildman–Crippen LogP) is 1.21. The molecule has 2 rings (SSSR count). The second-order valence-corrected chi connectivity index (χ2v) is 5.50. The van der Waals surface area contributed by atoms with Gasteiger partial charge in [0.25, 0.3) is 5.91 Å². The third-order valence-corrected chi connectivity index (χ3v) is 3.56. The van der Waals surface area contributed by atoms with Crippen LogP contribution in [0.2, 0.25) is 10.0 Å². The van der Waals surface area contributed by atoms with Gasteiger partial charge >= 0.3 is 0 Å². The van der Waals surface area contributed by atoms with E-state index in [0.29, 0.717) is 0 Å². The minimum absolute atomic E-state index is 0.0352. The molecular weight excluding hydrogens is 291 g/mol. The van der Waals surface area contributed by atoms with E-state index in [1.165, 1.54) is 11.0 Å². The molecule has 0 aliphatic carbocycles. The molecular formula is C11H12Cl2N4O2. The number of halogens is 2. The Morgan fingerprint density at radius 1 is 1.37 bits per heavy atom. The first kappa shape index (κ1) is 13.9. The first-order valence-electron chi connectivity index (χ1n) is 5.47. The maximum absolute atomic E-state index is 11.9. The van der Waals surface area contributed by atoms with Crippen molar-refractivity contribution in [2.24, 2.45) is 0 Å². The van der Waals surface area contributed by atoms with Crippen LogP contribution < -0.4 is 16.0 Å². The number of hydrogen-bond donors (Lipinski definition) is 2. The van der Waals surface area contributed by atoms with E-state index in [0.717, 1.165) is 0 Å². The zero-order chi connectivity index (χ0) is 14.4. The summed E-state index contributed by atoms with van der Waals surface area (Å²) in [6.45, 7) is 3.29. The van der Waals surface area contributed by atoms with Crippen molar-refractivity contribution < 1.29 is 9.59 Å². The van der Waals surface area contributed by atoms with Crippen LogP contribution in [0.4, 0.5) is 11.6 Å². The maximum Gasteiger partial charge on any atom is 0.251 e. The number of carbonyl (C=O) groups is 2. The Kier molecular flexibility index (Phi) is 3.32. The van der Waals surface area contributed by atoms with E-state index in [9.17, 15) is 9.59 Å². The number of pyridine rings is 1. The molecule has 0 bridgehead atoms. The molecule has 1 aliphatic rings. The highest BCUT2D eigenvalue weighted by molar-refractivity contribution is 6.37. The van der Waals surface area contributed by atoms with Crippen LogP contribution >= 0.6 is 23.2 Å². The number of aromatic nitrogens is 1. The Labute approximate surface area is 119 Å². The Hall–Kier alpha value is -1.53. The van der Waals surface area contributed by atoms with E-state index in [2.05, 4.69) is 10.3 Å². The number of nitrogens with zero attached hydrogens (tertiary/aromatic N) is 2. The number of carbonyl (C=O) groups excluding carboxylic acids is 2. The van der Waals surface area contributed by atoms with Gasteiger partial charge in [-0.1, -0.05) is 23.2 Å². The van der Waals surface area contributed by atoms with E-state index in [1.807, 2.05) is 0 Å². The van der Waals surface area contributed by atoms with Crippen LogP contribution in [0.15, 0.2) is 6.07 Å². The number of nitrogens with two attached hydrogens (primary N) is 1. The molecule has 8 heteroatoms. The minimum Gasteiger partial charge on any atom is -0.382 e. The quantitative estimate of drug-likeness (QED) is 0.761. The minimum atomic E-state index is -0.967. The third-order valence-electron chi connectivity index (χ3n) is 2.98. The number of hydrogen-bond acceptors (Lipinski definition) is 5. The van der Waals surface area contributed by atoms with Crippen molar-refractivity contribution in [1.82, 2.24) is 10.3 Å². The highest BCUT2D eigenvalue weighted by Crippen LogP contribution is 2.34. The highest BCUT2D eigenvalue weighted by Gasteiger charge is 2.42. The predicted molar refractivity (Wildman–Crippen MR) is 73.2 cm³/mol. The van der Waals surface area contributed by atoms with Gasteiger partial charge in [-0.2, -0.15) is 0 Å². The van der Waals surface area contributed by atoms with Gasteiger partial charge in [0.2, 0.25) is 5.91 Å². The average Bonchev–Trinajstić information content (AvgIpc) is 2.29. The molecule has 6 nitrogen and oxygen atoms in total. The molecule has 3 N–H and O–H groups in total. The van der Waals surface area contributed by atoms with Crippen molar-refractivity contribution in [1.29, 1.82) is 0 Å². The van der Waals surface area contributed by atoms with E-state index in [1.54, 1.807) is 13.8 Å². The number of amides is 2. The smallest absolute Gasteiger partial charge is 0.251 e. The van der Waals surface area contributed by atoms with E-state index in [4.69, 9.17) is 28.9 Å². The van der Waals surface area contributed by atoms with E-state index >= 15 is 0 Å². The summed E-state index contributed by atoms with van der Waals surface area (Å²) < 4.78 is 0. The van der Waals surface area contributed by atoms with Crippen molar-refractivity contribution in [3.63, 3.8) is 0 Å². The van der Waals surface area contributed by atoms with Crippen LogP contribution in [0.5, 0.6) is 0 Å². The monoisotopic (exact) mass is 302 g/mol. The molecule has 1 aromatic heterocycles. The molecule has 0 atom stereocenters. The Bertz CT molecular complexity index is 574. The lowest BCUT2D eigenvalue weighted by Crippen LogP contribution is -2.64. The number of piperazine rings is 1. The number of nitrogens with one attached hydrogen (secondary N) is 1. The fourth-order valence-corrected chi connectivity index (χ4v) is 2.24. The second kappa shape index (κ2) is 4.54. The normalized spacial score (nSPS) is 18.4. The van der Waals surface area contributed by atoms with Crippen LogP contribution in [0.1, 0.15) is 13.8 Å². The Balaban J connectivity index is 2.53. The van der Waals surface area contributed by atoms with Crippen LogP contribution in [-0.2, 0) is 9.59 Å². The molecule has 1 aromatic rings. The molecule has 0 unspecified atom stereocenters. The van der Waals surface area contributed by atoms with E-state index in [-0.39, 0.29) is 28.2 Å². The summed E-state index contributed by atoms with van der Waals surface area (Å²) in [7, 11) is 0. The Morgan fingerprint density at radius 3 is 2.63 bits per heavy atom. The van der Waals surface area contributed by atoms with Gasteiger partial charge in [0.15, 0.2) is 5.82 Å². The summed E-state index contributed by atoms with van der Waals surface area (Å²) in [5.74, 6) is -0.488. The first-order valence-corrected chi connectivity index (χ1v) is 6.22. The SMILES string of the molecule is CC1(C)C(=O)NC(=O)CN1c1nc(N)c(Cl)cc1Cl. The number of anilines is 2. The van der Waals surface area contributed by atoms with Crippen molar-refractivity contribution in [2.75, 3.05) is 17.2 Å². The molecule has 0 aromatic carbocycles. The molecule has 0 radical (unpaired) electrons. The van der Waals surface area contributed by atoms with Crippen LogP contribution in [-0.4, -0.2) is 28.9 Å². The number of imide groups is 1. The zero-order valence-electron chi connectivity index (χ0n) is 10.3. The first-order chi connectivity index (χ1) is 8.73. The second-order valence-electron chi connectivity index (χ2n) is 4.68. The van der Waals surface area contributed by atoms with Crippen molar-refractivity contribution in [2.45, 2.75) is 19.4 Å². The van der Waals surface area contributed by atoms with Crippen LogP contribution in [0.3, 0.4) is 0 Å². The summed E-state index contributed by atoms with van der Waals surface area (Å²) >= 11 is 11.9. The standard InChI is InChI=1S/C11H12Cl2N4O2/c1-11(2)10(19)15-7(18)4-17(11)9-6(13)3-5(12)8(14)16-9/h3H,4H2,1-2H3,(H2,14,16)(H,15,18,19). The molecule has 0 saturated carbocycles. The molecule has 1 aliphatic heterocycles. The lowest BCUT2D eigenvalue weighted by Gasteiger charge is -2.41. The van der Waals surface area contributed by atoms with Crippen molar-refractivity contribution in [3.8, 4) is 0 Å². The van der Waals surface area contributed by atoms with Crippen molar-refractivity contribution >= 4 is 46.7 Å². The molecule has 1 saturated heterocycles. The number of rotatable bonds is 1. The Morgan fingerprint density at radius 2 is 2.00 bits per heavy atom. The molecule has 102 valence electrons. The summed E-state index contributed by atoms with van der Waals surface area (Å²) in [6, 6.07) is 1.44. The van der Waals surface area contributed by atoms with Gasteiger partial charge in [0.1, 0.15) is 11.4 Å². The average molecular weight is 303 g/mol. The molecule has 2 heterocycles.